The van der Waals surface area contributed by atoms with Gasteiger partial charge < -0.3 is 14.3 Å². The van der Waals surface area contributed by atoms with Gasteiger partial charge in [0.1, 0.15) is 0 Å². The summed E-state index contributed by atoms with van der Waals surface area (Å²) in [6.45, 7) is 5.27. The third-order valence-electron chi connectivity index (χ3n) is 5.45. The Labute approximate surface area is 145 Å². The molecule has 2 atom stereocenters. The van der Waals surface area contributed by atoms with Crippen molar-refractivity contribution in [3.8, 4) is 10.8 Å². The lowest BCUT2D eigenvalue weighted by Gasteiger charge is -2.56. The molecule has 4 rings (SSSR count). The average Bonchev–Trinajstić information content (AvgIpc) is 3.27. The van der Waals surface area contributed by atoms with E-state index in [0.29, 0.717) is 18.3 Å². The van der Waals surface area contributed by atoms with E-state index in [-0.39, 0.29) is 17.6 Å². The SMILES string of the molecule is CCO[C@@H]1C[C@@H](O)C12CCN(Cc1nnc(-c3cccs3)o1)CC2. The van der Waals surface area contributed by atoms with Crippen LogP contribution in [0.3, 0.4) is 0 Å². The molecule has 1 aliphatic heterocycles. The van der Waals surface area contributed by atoms with E-state index >= 15 is 0 Å². The maximum absolute atomic E-state index is 10.3. The summed E-state index contributed by atoms with van der Waals surface area (Å²) < 4.78 is 11.6. The van der Waals surface area contributed by atoms with Gasteiger partial charge in [-0.2, -0.15) is 0 Å². The fourth-order valence-corrected chi connectivity index (χ4v) is 4.60. The van der Waals surface area contributed by atoms with Gasteiger partial charge in [0.05, 0.1) is 23.6 Å². The largest absolute Gasteiger partial charge is 0.419 e. The molecule has 7 heteroatoms. The van der Waals surface area contributed by atoms with E-state index in [1.165, 1.54) is 0 Å². The van der Waals surface area contributed by atoms with E-state index in [4.69, 9.17) is 9.15 Å². The van der Waals surface area contributed by atoms with Gasteiger partial charge in [0.25, 0.3) is 5.89 Å². The van der Waals surface area contributed by atoms with Crippen LogP contribution in [0.1, 0.15) is 32.1 Å². The van der Waals surface area contributed by atoms with Crippen molar-refractivity contribution in [1.29, 1.82) is 0 Å². The fourth-order valence-electron chi connectivity index (χ4n) is 3.95. The molecule has 0 bridgehead atoms. The Kier molecular flexibility index (Phi) is 4.42. The zero-order chi connectivity index (χ0) is 16.6. The topological polar surface area (TPSA) is 71.6 Å². The molecule has 1 spiro atoms. The first-order valence-electron chi connectivity index (χ1n) is 8.59. The first-order chi connectivity index (χ1) is 11.7. The lowest BCUT2D eigenvalue weighted by Crippen LogP contribution is -2.62. The van der Waals surface area contributed by atoms with Crippen LogP contribution in [0.4, 0.5) is 0 Å². The summed E-state index contributed by atoms with van der Waals surface area (Å²) in [7, 11) is 0. The van der Waals surface area contributed by atoms with Crippen LogP contribution in [-0.2, 0) is 11.3 Å². The van der Waals surface area contributed by atoms with Gasteiger partial charge in [-0.05, 0) is 44.3 Å². The number of thiophene rings is 1. The lowest BCUT2D eigenvalue weighted by molar-refractivity contribution is -0.210. The van der Waals surface area contributed by atoms with Crippen LogP contribution in [0, 0.1) is 5.41 Å². The Morgan fingerprint density at radius 3 is 2.92 bits per heavy atom. The Morgan fingerprint density at radius 1 is 1.42 bits per heavy atom. The molecule has 1 aliphatic carbocycles. The van der Waals surface area contributed by atoms with Crippen LogP contribution in [-0.4, -0.2) is 52.1 Å². The minimum absolute atomic E-state index is 0.0382. The maximum atomic E-state index is 10.3. The molecule has 2 aliphatic rings. The second kappa shape index (κ2) is 6.55. The minimum atomic E-state index is -0.218. The van der Waals surface area contributed by atoms with Crippen molar-refractivity contribution in [1.82, 2.24) is 15.1 Å². The number of rotatable bonds is 5. The van der Waals surface area contributed by atoms with Crippen LogP contribution < -0.4 is 0 Å². The van der Waals surface area contributed by atoms with Crippen LogP contribution >= 0.6 is 11.3 Å². The van der Waals surface area contributed by atoms with Gasteiger partial charge in [-0.1, -0.05) is 6.07 Å². The summed E-state index contributed by atoms with van der Waals surface area (Å²) >= 11 is 1.60. The predicted molar refractivity (Wildman–Crippen MR) is 90.6 cm³/mol. The Bertz CT molecular complexity index is 662. The van der Waals surface area contributed by atoms with Crippen molar-refractivity contribution in [2.75, 3.05) is 19.7 Å². The van der Waals surface area contributed by atoms with Crippen LogP contribution in [0.25, 0.3) is 10.8 Å². The first kappa shape index (κ1) is 16.2. The highest BCUT2D eigenvalue weighted by Gasteiger charge is 2.55. The molecule has 1 saturated heterocycles. The van der Waals surface area contributed by atoms with Gasteiger partial charge in [-0.3, -0.25) is 4.90 Å². The van der Waals surface area contributed by atoms with Gasteiger partial charge >= 0.3 is 0 Å². The second-order valence-electron chi connectivity index (χ2n) is 6.68. The zero-order valence-corrected chi connectivity index (χ0v) is 14.7. The number of ether oxygens (including phenoxy) is 1. The molecule has 3 heterocycles. The Morgan fingerprint density at radius 2 is 2.25 bits per heavy atom. The molecular formula is C17H23N3O3S. The number of likely N-dealkylation sites (tertiary alicyclic amines) is 1. The monoisotopic (exact) mass is 349 g/mol. The minimum Gasteiger partial charge on any atom is -0.419 e. The second-order valence-corrected chi connectivity index (χ2v) is 7.63. The lowest BCUT2D eigenvalue weighted by atomic mass is 9.58. The van der Waals surface area contributed by atoms with E-state index in [9.17, 15) is 5.11 Å². The van der Waals surface area contributed by atoms with Crippen molar-refractivity contribution in [2.24, 2.45) is 5.41 Å². The summed E-state index contributed by atoms with van der Waals surface area (Å²) in [5.41, 5.74) is -0.0382. The number of nitrogens with zero attached hydrogens (tertiary/aromatic N) is 3. The summed E-state index contributed by atoms with van der Waals surface area (Å²) in [4.78, 5) is 3.33. The number of aromatic nitrogens is 2. The molecule has 2 fully saturated rings. The third-order valence-corrected chi connectivity index (χ3v) is 6.31. The van der Waals surface area contributed by atoms with Crippen LogP contribution in [0.5, 0.6) is 0 Å². The molecule has 1 N–H and O–H groups in total. The fraction of sp³-hybridized carbons (Fsp3) is 0.647. The van der Waals surface area contributed by atoms with Crippen LogP contribution in [0.2, 0.25) is 0 Å². The third kappa shape index (κ3) is 2.79. The van der Waals surface area contributed by atoms with Gasteiger partial charge in [0, 0.05) is 18.4 Å². The highest BCUT2D eigenvalue weighted by atomic mass is 32.1. The molecule has 24 heavy (non-hydrogen) atoms. The van der Waals surface area contributed by atoms with Crippen molar-refractivity contribution in [2.45, 2.75) is 44.9 Å². The molecule has 0 aromatic carbocycles. The van der Waals surface area contributed by atoms with Crippen molar-refractivity contribution in [3.05, 3.63) is 23.4 Å². The molecular weight excluding hydrogens is 326 g/mol. The number of hydrogen-bond donors (Lipinski definition) is 1. The number of piperidine rings is 1. The molecule has 0 radical (unpaired) electrons. The maximum Gasteiger partial charge on any atom is 0.257 e. The molecule has 1 saturated carbocycles. The normalized spacial score (nSPS) is 26.6. The average molecular weight is 349 g/mol. The predicted octanol–water partition coefficient (Wildman–Crippen LogP) is 2.55. The van der Waals surface area contributed by atoms with Crippen LogP contribution in [0.15, 0.2) is 21.9 Å². The van der Waals surface area contributed by atoms with E-state index < -0.39 is 0 Å². The first-order valence-corrected chi connectivity index (χ1v) is 9.47. The molecule has 2 aromatic heterocycles. The van der Waals surface area contributed by atoms with Crippen molar-refractivity contribution >= 4 is 11.3 Å². The zero-order valence-electron chi connectivity index (χ0n) is 13.9. The Balaban J connectivity index is 1.35. The van der Waals surface area contributed by atoms with Crippen molar-refractivity contribution < 1.29 is 14.3 Å². The summed E-state index contributed by atoms with van der Waals surface area (Å²) in [6.07, 6.45) is 2.70. The molecule has 0 unspecified atom stereocenters. The van der Waals surface area contributed by atoms with E-state index in [1.54, 1.807) is 11.3 Å². The summed E-state index contributed by atoms with van der Waals surface area (Å²) in [6, 6.07) is 3.96. The number of hydrogen-bond acceptors (Lipinski definition) is 7. The van der Waals surface area contributed by atoms with Gasteiger partial charge in [-0.15, -0.1) is 21.5 Å². The standard InChI is InChI=1S/C17H23N3O3S/c1-2-22-14-10-13(21)17(14)5-7-20(8-6-17)11-15-18-19-16(23-15)12-4-3-9-24-12/h3-4,9,13-14,21H,2,5-8,10-11H2,1H3/t13-,14-/m1/s1. The van der Waals surface area contributed by atoms with E-state index in [2.05, 4.69) is 15.1 Å². The van der Waals surface area contributed by atoms with E-state index in [0.717, 1.165) is 43.8 Å². The highest BCUT2D eigenvalue weighted by Crippen LogP contribution is 2.51. The number of aliphatic hydroxyl groups is 1. The van der Waals surface area contributed by atoms with E-state index in [1.807, 2.05) is 24.4 Å². The van der Waals surface area contributed by atoms with Gasteiger partial charge in [0.15, 0.2) is 0 Å². The molecule has 2 aromatic rings. The summed E-state index contributed by atoms with van der Waals surface area (Å²) in [5.74, 6) is 1.25. The quantitative estimate of drug-likeness (QED) is 0.894. The summed E-state index contributed by atoms with van der Waals surface area (Å²) in [5, 5.41) is 20.6. The number of aliphatic hydroxyl groups excluding tert-OH is 1. The molecule has 6 nitrogen and oxygen atoms in total. The van der Waals surface area contributed by atoms with Gasteiger partial charge in [-0.25, -0.2) is 0 Å². The molecule has 0 amide bonds. The van der Waals surface area contributed by atoms with Gasteiger partial charge in [0.2, 0.25) is 5.89 Å². The molecule has 130 valence electrons. The highest BCUT2D eigenvalue weighted by molar-refractivity contribution is 7.13. The van der Waals surface area contributed by atoms with Crippen molar-refractivity contribution in [3.63, 3.8) is 0 Å². The smallest absolute Gasteiger partial charge is 0.257 e. The Hall–Kier alpha value is -1.28.